The van der Waals surface area contributed by atoms with Crippen molar-refractivity contribution in [2.75, 3.05) is 19.6 Å². The van der Waals surface area contributed by atoms with Crippen LogP contribution in [0, 0.1) is 0 Å². The molecule has 0 bridgehead atoms. The number of rotatable bonds is 7. The fourth-order valence-corrected chi connectivity index (χ4v) is 5.73. The van der Waals surface area contributed by atoms with E-state index in [0.717, 1.165) is 12.0 Å². The van der Waals surface area contributed by atoms with Gasteiger partial charge in [-0.15, -0.1) is 0 Å². The lowest BCUT2D eigenvalue weighted by Crippen LogP contribution is -2.46. The molecular weight excluding hydrogens is 554 g/mol. The summed E-state index contributed by atoms with van der Waals surface area (Å²) in [5.41, 5.74) is -2.21. The smallest absolute Gasteiger partial charge is 0.416 e. The molecule has 41 heavy (non-hydrogen) atoms. The third-order valence-electron chi connectivity index (χ3n) is 7.90. The number of carbonyl (C=O) groups excluding carboxylic acids is 1. The van der Waals surface area contributed by atoms with Gasteiger partial charge in [0.25, 0.3) is 0 Å². The number of carboxylic acid groups (broad SMARTS) is 1. The van der Waals surface area contributed by atoms with Gasteiger partial charge in [0, 0.05) is 38.0 Å². The fraction of sp³-hybridized carbons (Fsp3) is 0.517. The molecule has 6 nitrogen and oxygen atoms in total. The van der Waals surface area contributed by atoms with Gasteiger partial charge < -0.3 is 19.6 Å². The highest BCUT2D eigenvalue weighted by Gasteiger charge is 2.39. The summed E-state index contributed by atoms with van der Waals surface area (Å²) in [5, 5.41) is 9.36. The highest BCUT2D eigenvalue weighted by molar-refractivity contribution is 5.76. The maximum Gasteiger partial charge on any atom is 0.416 e. The Hall–Kier alpha value is -3.28. The summed E-state index contributed by atoms with van der Waals surface area (Å²) in [6.07, 6.45) is -10.2. The van der Waals surface area contributed by atoms with Crippen molar-refractivity contribution in [3.8, 4) is 0 Å². The number of hydrogen-bond acceptors (Lipinski definition) is 3. The van der Waals surface area contributed by atoms with E-state index in [1.54, 1.807) is 17.0 Å². The minimum absolute atomic E-state index is 0.0916. The summed E-state index contributed by atoms with van der Waals surface area (Å²) in [6, 6.07) is 10.3. The molecule has 0 spiro atoms. The number of ether oxygens (including phenoxy) is 1. The van der Waals surface area contributed by atoms with E-state index in [1.165, 1.54) is 11.8 Å². The number of halogens is 6. The van der Waals surface area contributed by atoms with Crippen molar-refractivity contribution in [3.05, 3.63) is 70.8 Å². The van der Waals surface area contributed by atoms with Gasteiger partial charge in [-0.3, -0.25) is 4.79 Å². The van der Waals surface area contributed by atoms with E-state index in [1.807, 2.05) is 18.2 Å². The van der Waals surface area contributed by atoms with E-state index in [-0.39, 0.29) is 42.5 Å². The standard InChI is InChI=1S/C29H32F6N2O4/c1-18(20-14-21(28(30,31)32)16-22(15-20)29(33,34)35)41-25-11-13-36(17-24(25)19-6-3-2-4-7-19)26(38)10-9-23-8-5-12-37(23)27(39)40/h2-4,6-7,14-16,18,23-25H,5,8-13,17H2,1H3,(H,39,40)/t18-,23?,24+,25+/m1/s1. The number of amides is 2. The van der Waals surface area contributed by atoms with Crippen LogP contribution in [-0.2, 0) is 21.9 Å². The van der Waals surface area contributed by atoms with Crippen LogP contribution in [0.5, 0.6) is 0 Å². The Morgan fingerprint density at radius 3 is 2.20 bits per heavy atom. The van der Waals surface area contributed by atoms with Gasteiger partial charge in [0.15, 0.2) is 0 Å². The number of benzene rings is 2. The third-order valence-corrected chi connectivity index (χ3v) is 7.90. The van der Waals surface area contributed by atoms with Gasteiger partial charge in [0.1, 0.15) is 0 Å². The highest BCUT2D eigenvalue weighted by atomic mass is 19.4. The topological polar surface area (TPSA) is 70.1 Å². The Labute approximate surface area is 233 Å². The van der Waals surface area contributed by atoms with Crippen molar-refractivity contribution in [3.63, 3.8) is 0 Å². The molecule has 0 saturated carbocycles. The predicted octanol–water partition coefficient (Wildman–Crippen LogP) is 7.11. The molecule has 2 aliphatic rings. The number of carbonyl (C=O) groups is 2. The average Bonchev–Trinajstić information content (AvgIpc) is 3.40. The van der Waals surface area contributed by atoms with Gasteiger partial charge in [-0.25, -0.2) is 4.79 Å². The van der Waals surface area contributed by atoms with Crippen molar-refractivity contribution >= 4 is 12.0 Å². The first-order chi connectivity index (χ1) is 19.2. The Balaban J connectivity index is 1.50. The summed E-state index contributed by atoms with van der Waals surface area (Å²) in [5.74, 6) is -0.506. The lowest BCUT2D eigenvalue weighted by molar-refractivity contribution is -0.143. The number of piperidine rings is 1. The van der Waals surface area contributed by atoms with E-state index >= 15 is 0 Å². The number of hydrogen-bond donors (Lipinski definition) is 1. The van der Waals surface area contributed by atoms with E-state index in [9.17, 15) is 41.0 Å². The van der Waals surface area contributed by atoms with Crippen LogP contribution in [0.25, 0.3) is 0 Å². The number of likely N-dealkylation sites (tertiary alicyclic amines) is 2. The molecule has 4 rings (SSSR count). The molecular formula is C29H32F6N2O4. The van der Waals surface area contributed by atoms with E-state index in [0.29, 0.717) is 44.5 Å². The molecule has 2 amide bonds. The van der Waals surface area contributed by atoms with E-state index < -0.39 is 41.8 Å². The van der Waals surface area contributed by atoms with Gasteiger partial charge in [-0.2, -0.15) is 26.3 Å². The quantitative estimate of drug-likeness (QED) is 0.351. The number of alkyl halides is 6. The van der Waals surface area contributed by atoms with Crippen LogP contribution in [-0.4, -0.2) is 58.7 Å². The third kappa shape index (κ3) is 7.52. The first kappa shape index (κ1) is 30.7. The van der Waals surface area contributed by atoms with Gasteiger partial charge in [0.05, 0.1) is 23.3 Å². The molecule has 12 heteroatoms. The second-order valence-corrected chi connectivity index (χ2v) is 10.6. The van der Waals surface area contributed by atoms with Crippen LogP contribution >= 0.6 is 0 Å². The molecule has 1 N–H and O–H groups in total. The average molecular weight is 587 g/mol. The zero-order chi connectivity index (χ0) is 29.9. The maximum absolute atomic E-state index is 13.4. The lowest BCUT2D eigenvalue weighted by atomic mass is 9.87. The molecule has 2 aromatic rings. The zero-order valence-electron chi connectivity index (χ0n) is 22.4. The molecule has 0 aliphatic carbocycles. The Bertz CT molecular complexity index is 1190. The SMILES string of the molecule is C[C@@H](O[C@H]1CCN(C(=O)CCC2CCCN2C(=O)O)C[C@H]1c1ccccc1)c1cc(C(F)(F)F)cc(C(F)(F)F)c1. The van der Waals surface area contributed by atoms with Crippen molar-refractivity contribution in [2.45, 2.75) is 75.5 Å². The van der Waals surface area contributed by atoms with Crippen LogP contribution in [0.3, 0.4) is 0 Å². The summed E-state index contributed by atoms with van der Waals surface area (Å²) in [4.78, 5) is 27.6. The second-order valence-electron chi connectivity index (χ2n) is 10.6. The van der Waals surface area contributed by atoms with Crippen LogP contribution < -0.4 is 0 Å². The van der Waals surface area contributed by atoms with Crippen molar-refractivity contribution in [1.29, 1.82) is 0 Å². The van der Waals surface area contributed by atoms with Crippen molar-refractivity contribution < 1.29 is 45.8 Å². The highest BCUT2D eigenvalue weighted by Crippen LogP contribution is 2.39. The van der Waals surface area contributed by atoms with E-state index in [4.69, 9.17) is 4.74 Å². The molecule has 224 valence electrons. The molecule has 2 heterocycles. The predicted molar refractivity (Wildman–Crippen MR) is 137 cm³/mol. The van der Waals surface area contributed by atoms with Crippen molar-refractivity contribution in [2.24, 2.45) is 0 Å². The van der Waals surface area contributed by atoms with Crippen LogP contribution in [0.4, 0.5) is 31.1 Å². The molecule has 0 aromatic heterocycles. The first-order valence-corrected chi connectivity index (χ1v) is 13.5. The van der Waals surface area contributed by atoms with Crippen molar-refractivity contribution in [1.82, 2.24) is 9.80 Å². The minimum atomic E-state index is -4.96. The summed E-state index contributed by atoms with van der Waals surface area (Å²) < 4.78 is 86.6. The van der Waals surface area contributed by atoms with Crippen LogP contribution in [0.15, 0.2) is 48.5 Å². The fourth-order valence-electron chi connectivity index (χ4n) is 5.73. The molecule has 2 saturated heterocycles. The lowest BCUT2D eigenvalue weighted by Gasteiger charge is -2.40. The van der Waals surface area contributed by atoms with Crippen LogP contribution in [0.1, 0.15) is 73.3 Å². The summed E-state index contributed by atoms with van der Waals surface area (Å²) in [6.45, 7) is 2.42. The Kier molecular flexibility index (Phi) is 9.20. The zero-order valence-corrected chi connectivity index (χ0v) is 22.4. The molecule has 0 radical (unpaired) electrons. The molecule has 2 fully saturated rings. The second kappa shape index (κ2) is 12.3. The normalized spacial score (nSPS) is 22.6. The molecule has 2 aromatic carbocycles. The minimum Gasteiger partial charge on any atom is -0.465 e. The van der Waals surface area contributed by atoms with Gasteiger partial charge >= 0.3 is 18.4 Å². The largest absolute Gasteiger partial charge is 0.465 e. The summed E-state index contributed by atoms with van der Waals surface area (Å²) >= 11 is 0. The first-order valence-electron chi connectivity index (χ1n) is 13.5. The van der Waals surface area contributed by atoms with Gasteiger partial charge in [0.2, 0.25) is 5.91 Å². The Morgan fingerprint density at radius 2 is 1.61 bits per heavy atom. The maximum atomic E-state index is 13.4. The van der Waals surface area contributed by atoms with Crippen LogP contribution in [0.2, 0.25) is 0 Å². The summed E-state index contributed by atoms with van der Waals surface area (Å²) in [7, 11) is 0. The molecule has 4 atom stereocenters. The molecule has 2 aliphatic heterocycles. The Morgan fingerprint density at radius 1 is 0.976 bits per heavy atom. The van der Waals surface area contributed by atoms with Gasteiger partial charge in [-0.05, 0) is 61.9 Å². The van der Waals surface area contributed by atoms with E-state index in [2.05, 4.69) is 0 Å². The van der Waals surface area contributed by atoms with Gasteiger partial charge in [-0.1, -0.05) is 30.3 Å². The molecule has 1 unspecified atom stereocenters. The number of nitrogens with zero attached hydrogens (tertiary/aromatic N) is 2. The monoisotopic (exact) mass is 586 g/mol.